The normalized spacial score (nSPS) is 11.6. The van der Waals surface area contributed by atoms with Gasteiger partial charge in [-0.05, 0) is 13.3 Å². The molecule has 1 rings (SSSR count). The van der Waals surface area contributed by atoms with Gasteiger partial charge in [-0.1, -0.05) is 6.92 Å². The van der Waals surface area contributed by atoms with Gasteiger partial charge in [0.15, 0.2) is 5.96 Å². The lowest BCUT2D eigenvalue weighted by molar-refractivity contribution is 0.152. The summed E-state index contributed by atoms with van der Waals surface area (Å²) in [7, 11) is 1.76. The Balaban J connectivity index is 2.26. The minimum Gasteiger partial charge on any atom is -0.380 e. The molecule has 1 aromatic rings. The van der Waals surface area contributed by atoms with Crippen LogP contribution >= 0.6 is 11.3 Å². The van der Waals surface area contributed by atoms with Gasteiger partial charge in [0.1, 0.15) is 5.01 Å². The maximum atomic E-state index is 5.25. The van der Waals surface area contributed by atoms with E-state index in [1.54, 1.807) is 18.4 Å². The van der Waals surface area contributed by atoms with E-state index in [9.17, 15) is 0 Å². The first kappa shape index (κ1) is 14.9. The lowest BCUT2D eigenvalue weighted by Gasteiger charge is -2.10. The highest BCUT2D eigenvalue weighted by molar-refractivity contribution is 7.11. The van der Waals surface area contributed by atoms with Crippen molar-refractivity contribution in [2.75, 3.05) is 26.8 Å². The number of ether oxygens (including phenoxy) is 1. The molecule has 0 aliphatic carbocycles. The highest BCUT2D eigenvalue weighted by atomic mass is 32.1. The summed E-state index contributed by atoms with van der Waals surface area (Å²) in [5.74, 6) is 0.781. The summed E-state index contributed by atoms with van der Waals surface area (Å²) in [4.78, 5) is 9.81. The Bertz CT molecular complexity index is 365. The Labute approximate surface area is 113 Å². The van der Waals surface area contributed by atoms with E-state index in [0.717, 1.165) is 30.5 Å². The number of hydrogen-bond donors (Lipinski definition) is 2. The predicted molar refractivity (Wildman–Crippen MR) is 76.2 cm³/mol. The molecule has 18 heavy (non-hydrogen) atoms. The highest BCUT2D eigenvalue weighted by Crippen LogP contribution is 2.12. The number of nitrogens with zero attached hydrogens (tertiary/aromatic N) is 2. The summed E-state index contributed by atoms with van der Waals surface area (Å²) in [5.41, 5.74) is 0. The summed E-state index contributed by atoms with van der Waals surface area (Å²) in [6.07, 6.45) is 2.98. The zero-order chi connectivity index (χ0) is 13.2. The zero-order valence-corrected chi connectivity index (χ0v) is 12.1. The van der Waals surface area contributed by atoms with Gasteiger partial charge in [0.25, 0.3) is 0 Å². The van der Waals surface area contributed by atoms with E-state index in [-0.39, 0.29) is 0 Å². The van der Waals surface area contributed by atoms with Gasteiger partial charge >= 0.3 is 0 Å². The second-order valence-electron chi connectivity index (χ2n) is 3.62. The van der Waals surface area contributed by atoms with Crippen molar-refractivity contribution in [1.29, 1.82) is 0 Å². The Morgan fingerprint density at radius 2 is 2.28 bits per heavy atom. The van der Waals surface area contributed by atoms with Gasteiger partial charge in [-0.3, -0.25) is 4.99 Å². The van der Waals surface area contributed by atoms with Crippen LogP contribution in [0.15, 0.2) is 11.2 Å². The Hall–Kier alpha value is -1.14. The van der Waals surface area contributed by atoms with Crippen LogP contribution in [0.5, 0.6) is 0 Å². The van der Waals surface area contributed by atoms with Crippen molar-refractivity contribution >= 4 is 17.3 Å². The van der Waals surface area contributed by atoms with Crippen molar-refractivity contribution in [2.24, 2.45) is 4.99 Å². The molecule has 5 nitrogen and oxygen atoms in total. The quantitative estimate of drug-likeness (QED) is 0.447. The van der Waals surface area contributed by atoms with Crippen molar-refractivity contribution in [3.8, 4) is 0 Å². The van der Waals surface area contributed by atoms with Crippen molar-refractivity contribution in [3.05, 3.63) is 16.1 Å². The first-order valence-electron chi connectivity index (χ1n) is 6.26. The fraction of sp³-hybridized carbons (Fsp3) is 0.667. The van der Waals surface area contributed by atoms with E-state index in [2.05, 4.69) is 27.5 Å². The van der Waals surface area contributed by atoms with Crippen molar-refractivity contribution in [3.63, 3.8) is 0 Å². The number of aryl methyl sites for hydroxylation is 1. The summed E-state index contributed by atoms with van der Waals surface area (Å²) < 4.78 is 5.25. The maximum Gasteiger partial charge on any atom is 0.191 e. The molecule has 6 heteroatoms. The minimum atomic E-state index is 0.689. The SMILES string of the molecule is CCOCCNC(=NC)NCc1ncc(CC)s1. The van der Waals surface area contributed by atoms with Gasteiger partial charge < -0.3 is 15.4 Å². The van der Waals surface area contributed by atoms with Crippen LogP contribution < -0.4 is 10.6 Å². The third-order valence-corrected chi connectivity index (χ3v) is 3.47. The van der Waals surface area contributed by atoms with Crippen LogP contribution in [0.3, 0.4) is 0 Å². The third kappa shape index (κ3) is 5.46. The van der Waals surface area contributed by atoms with Gasteiger partial charge in [0, 0.05) is 31.3 Å². The topological polar surface area (TPSA) is 58.5 Å². The van der Waals surface area contributed by atoms with Crippen LogP contribution in [0, 0.1) is 0 Å². The smallest absolute Gasteiger partial charge is 0.191 e. The first-order chi connectivity index (χ1) is 8.80. The van der Waals surface area contributed by atoms with Gasteiger partial charge in [0.05, 0.1) is 13.2 Å². The summed E-state index contributed by atoms with van der Waals surface area (Å²) >= 11 is 1.74. The molecular formula is C12H22N4OS. The number of guanidine groups is 1. The molecule has 102 valence electrons. The number of rotatable bonds is 7. The molecule has 0 radical (unpaired) electrons. The molecule has 2 N–H and O–H groups in total. The Morgan fingerprint density at radius 1 is 1.44 bits per heavy atom. The van der Waals surface area contributed by atoms with Crippen molar-refractivity contribution < 1.29 is 4.74 Å². The number of aliphatic imine (C=N–C) groups is 1. The maximum absolute atomic E-state index is 5.25. The molecule has 0 amide bonds. The molecule has 0 aromatic carbocycles. The third-order valence-electron chi connectivity index (χ3n) is 2.32. The average molecular weight is 270 g/mol. The second kappa shape index (κ2) is 8.88. The van der Waals surface area contributed by atoms with Crippen LogP contribution in [0.25, 0.3) is 0 Å². The number of aromatic nitrogens is 1. The highest BCUT2D eigenvalue weighted by Gasteiger charge is 2.02. The molecule has 0 fully saturated rings. The fourth-order valence-electron chi connectivity index (χ4n) is 1.36. The van der Waals surface area contributed by atoms with Crippen molar-refractivity contribution in [1.82, 2.24) is 15.6 Å². The molecule has 0 unspecified atom stereocenters. The molecule has 0 atom stereocenters. The van der Waals surface area contributed by atoms with Crippen LogP contribution in [0.2, 0.25) is 0 Å². The van der Waals surface area contributed by atoms with E-state index in [0.29, 0.717) is 13.2 Å². The lowest BCUT2D eigenvalue weighted by atomic mass is 10.4. The fourth-order valence-corrected chi connectivity index (χ4v) is 2.16. The van der Waals surface area contributed by atoms with E-state index >= 15 is 0 Å². The molecule has 0 aliphatic rings. The van der Waals surface area contributed by atoms with E-state index in [4.69, 9.17) is 4.74 Å². The molecule has 0 bridgehead atoms. The number of thiazole rings is 1. The lowest BCUT2D eigenvalue weighted by Crippen LogP contribution is -2.38. The number of nitrogens with one attached hydrogen (secondary N) is 2. The van der Waals surface area contributed by atoms with Crippen molar-refractivity contribution in [2.45, 2.75) is 26.8 Å². The van der Waals surface area contributed by atoms with Crippen LogP contribution in [-0.2, 0) is 17.7 Å². The second-order valence-corrected chi connectivity index (χ2v) is 4.82. The van der Waals surface area contributed by atoms with E-state index in [1.165, 1.54) is 4.88 Å². The first-order valence-corrected chi connectivity index (χ1v) is 7.07. The van der Waals surface area contributed by atoms with Gasteiger partial charge in [-0.25, -0.2) is 4.98 Å². The molecule has 0 saturated carbocycles. The largest absolute Gasteiger partial charge is 0.380 e. The minimum absolute atomic E-state index is 0.689. The van der Waals surface area contributed by atoms with Gasteiger partial charge in [-0.15, -0.1) is 11.3 Å². The summed E-state index contributed by atoms with van der Waals surface area (Å²) in [6.45, 7) is 7.02. The van der Waals surface area contributed by atoms with E-state index in [1.807, 2.05) is 13.1 Å². The standard InChI is InChI=1S/C12H22N4OS/c1-4-10-8-15-11(18-10)9-16-12(13-3)14-6-7-17-5-2/h8H,4-7,9H2,1-3H3,(H2,13,14,16). The molecular weight excluding hydrogens is 248 g/mol. The summed E-state index contributed by atoms with van der Waals surface area (Å²) in [5, 5.41) is 7.50. The Morgan fingerprint density at radius 3 is 2.89 bits per heavy atom. The predicted octanol–water partition coefficient (Wildman–Crippen LogP) is 1.41. The van der Waals surface area contributed by atoms with Gasteiger partial charge in [-0.2, -0.15) is 0 Å². The van der Waals surface area contributed by atoms with Crippen LogP contribution in [0.4, 0.5) is 0 Å². The monoisotopic (exact) mass is 270 g/mol. The molecule has 0 spiro atoms. The summed E-state index contributed by atoms with van der Waals surface area (Å²) in [6, 6.07) is 0. The van der Waals surface area contributed by atoms with E-state index < -0.39 is 0 Å². The van der Waals surface area contributed by atoms with Crippen LogP contribution in [-0.4, -0.2) is 37.7 Å². The molecule has 1 aromatic heterocycles. The van der Waals surface area contributed by atoms with Crippen LogP contribution in [0.1, 0.15) is 23.7 Å². The zero-order valence-electron chi connectivity index (χ0n) is 11.3. The average Bonchev–Trinajstić information content (AvgIpc) is 2.86. The molecule has 0 saturated heterocycles. The van der Waals surface area contributed by atoms with Gasteiger partial charge in [0.2, 0.25) is 0 Å². The molecule has 0 aliphatic heterocycles. The Kier molecular flexibility index (Phi) is 7.36. The number of hydrogen-bond acceptors (Lipinski definition) is 4. The molecule has 1 heterocycles.